The lowest BCUT2D eigenvalue weighted by Gasteiger charge is -2.00. The van der Waals surface area contributed by atoms with Gasteiger partial charge in [-0.25, -0.2) is 0 Å². The Morgan fingerprint density at radius 1 is 0.316 bits per heavy atom. The van der Waals surface area contributed by atoms with Crippen LogP contribution in [0.25, 0.3) is 0 Å². The molecule has 0 heterocycles. The van der Waals surface area contributed by atoms with Crippen molar-refractivity contribution in [3.8, 4) is 0 Å². The highest BCUT2D eigenvalue weighted by Crippen LogP contribution is 2.11. The molecule has 0 unspecified atom stereocenters. The second kappa shape index (κ2) is 37.6. The molecule has 6 nitrogen and oxygen atoms in total. The van der Waals surface area contributed by atoms with Crippen molar-refractivity contribution >= 4 is 17.9 Å². The summed E-state index contributed by atoms with van der Waals surface area (Å²) in [6, 6.07) is 0. The molecule has 0 atom stereocenters. The van der Waals surface area contributed by atoms with E-state index in [1.54, 1.807) is 0 Å². The maximum Gasteiger partial charge on any atom is 0.303 e. The summed E-state index contributed by atoms with van der Waals surface area (Å²) in [5.74, 6) is -1.99. The van der Waals surface area contributed by atoms with Gasteiger partial charge in [0.1, 0.15) is 0 Å². The van der Waals surface area contributed by atoms with Gasteiger partial charge in [0.2, 0.25) is 0 Å². The minimum atomic E-state index is -0.663. The first kappa shape index (κ1) is 40.9. The number of carboxylic acids is 3. The monoisotopic (exact) mass is 544 g/mol. The van der Waals surface area contributed by atoms with Crippen LogP contribution in [0.3, 0.4) is 0 Å². The summed E-state index contributed by atoms with van der Waals surface area (Å²) in [7, 11) is 0. The molecule has 0 aromatic carbocycles. The van der Waals surface area contributed by atoms with Crippen LogP contribution in [0.5, 0.6) is 0 Å². The molecule has 0 bridgehead atoms. The van der Waals surface area contributed by atoms with Crippen LogP contribution in [0, 0.1) is 0 Å². The van der Waals surface area contributed by atoms with Gasteiger partial charge in [0.05, 0.1) is 0 Å². The molecule has 0 radical (unpaired) electrons. The zero-order valence-corrected chi connectivity index (χ0v) is 25.5. The number of carbonyl (C=O) groups is 3. The molecule has 0 saturated heterocycles. The number of hydrogen-bond donors (Lipinski definition) is 3. The van der Waals surface area contributed by atoms with E-state index in [1.165, 1.54) is 109 Å². The van der Waals surface area contributed by atoms with Gasteiger partial charge in [-0.15, -0.1) is 0 Å². The van der Waals surface area contributed by atoms with E-state index in [4.69, 9.17) is 15.3 Å². The number of unbranched alkanes of at least 4 members (excludes halogenated alkanes) is 20. The molecule has 0 spiro atoms. The van der Waals surface area contributed by atoms with Crippen LogP contribution in [0.2, 0.25) is 0 Å². The highest BCUT2D eigenvalue weighted by molar-refractivity contribution is 5.67. The van der Waals surface area contributed by atoms with Crippen LogP contribution in [0.15, 0.2) is 0 Å². The van der Waals surface area contributed by atoms with E-state index in [0.29, 0.717) is 19.3 Å². The highest BCUT2D eigenvalue weighted by Gasteiger charge is 1.97. The quantitative estimate of drug-likeness (QED) is 0.0933. The standard InChI is InChI=1S/C12H24O2.2C10H20O2/c1-2-3-4-5-6-7-8-9-10-11-12(13)14;2*1-2-3-4-5-6-7-8-9-10(11)12/h2-11H2,1H3,(H,13,14);2*2-9H2,1H3,(H,11,12). The first-order chi connectivity index (χ1) is 18.3. The van der Waals surface area contributed by atoms with Crippen molar-refractivity contribution < 1.29 is 29.7 Å². The van der Waals surface area contributed by atoms with Crippen molar-refractivity contribution in [1.82, 2.24) is 0 Å². The zero-order valence-electron chi connectivity index (χ0n) is 25.5. The normalized spacial score (nSPS) is 10.2. The maximum atomic E-state index is 10.2. The molecule has 3 N–H and O–H groups in total. The first-order valence-corrected chi connectivity index (χ1v) is 16.0. The average molecular weight is 545 g/mol. The molecule has 228 valence electrons. The van der Waals surface area contributed by atoms with E-state index >= 15 is 0 Å². The van der Waals surface area contributed by atoms with Gasteiger partial charge >= 0.3 is 17.9 Å². The largest absolute Gasteiger partial charge is 0.481 e. The molecular formula is C32H64O6. The van der Waals surface area contributed by atoms with Gasteiger partial charge in [0, 0.05) is 19.3 Å². The molecular weight excluding hydrogens is 480 g/mol. The van der Waals surface area contributed by atoms with Crippen molar-refractivity contribution in [2.24, 2.45) is 0 Å². The van der Waals surface area contributed by atoms with Crippen molar-refractivity contribution in [3.05, 3.63) is 0 Å². The van der Waals surface area contributed by atoms with Crippen molar-refractivity contribution in [3.63, 3.8) is 0 Å². The Balaban J connectivity index is -0.000000486. The summed E-state index contributed by atoms with van der Waals surface area (Å²) in [5.41, 5.74) is 0. The SMILES string of the molecule is CCCCCCCCCC(=O)O.CCCCCCCCCC(=O)O.CCCCCCCCCCCC(=O)O. The minimum Gasteiger partial charge on any atom is -0.481 e. The van der Waals surface area contributed by atoms with E-state index < -0.39 is 17.9 Å². The smallest absolute Gasteiger partial charge is 0.303 e. The molecule has 6 heteroatoms. The predicted molar refractivity (Wildman–Crippen MR) is 160 cm³/mol. The van der Waals surface area contributed by atoms with Gasteiger partial charge in [0.25, 0.3) is 0 Å². The molecule has 0 aliphatic carbocycles. The number of carboxylic acid groups (broad SMARTS) is 3. The number of rotatable bonds is 26. The Hall–Kier alpha value is -1.59. The van der Waals surface area contributed by atoms with Gasteiger partial charge in [-0.3, -0.25) is 14.4 Å². The summed E-state index contributed by atoms with van der Waals surface area (Å²) in [4.78, 5) is 30.5. The predicted octanol–water partition coefficient (Wildman–Crippen LogP) is 10.4. The van der Waals surface area contributed by atoms with Gasteiger partial charge in [-0.2, -0.15) is 0 Å². The van der Waals surface area contributed by atoms with Gasteiger partial charge in [-0.1, -0.05) is 149 Å². The fraction of sp³-hybridized carbons (Fsp3) is 0.906. The van der Waals surface area contributed by atoms with Crippen LogP contribution in [0.1, 0.15) is 188 Å². The van der Waals surface area contributed by atoms with Gasteiger partial charge < -0.3 is 15.3 Å². The Morgan fingerprint density at radius 2 is 0.474 bits per heavy atom. The highest BCUT2D eigenvalue weighted by atomic mass is 16.4. The lowest BCUT2D eigenvalue weighted by Crippen LogP contribution is -1.93. The maximum absolute atomic E-state index is 10.2. The summed E-state index contributed by atoms with van der Waals surface area (Å²) < 4.78 is 0. The Morgan fingerprint density at radius 3 is 0.632 bits per heavy atom. The average Bonchev–Trinajstić information content (AvgIpc) is 2.87. The molecule has 0 aromatic heterocycles. The Kier molecular flexibility index (Phi) is 40.4. The topological polar surface area (TPSA) is 112 Å². The van der Waals surface area contributed by atoms with Crippen LogP contribution in [-0.4, -0.2) is 33.2 Å². The summed E-state index contributed by atoms with van der Waals surface area (Å²) in [5, 5.41) is 25.1. The minimum absolute atomic E-state index is 0.341. The third-order valence-corrected chi connectivity index (χ3v) is 6.48. The van der Waals surface area contributed by atoms with Crippen LogP contribution >= 0.6 is 0 Å². The summed E-state index contributed by atoms with van der Waals surface area (Å²) in [6.45, 7) is 6.63. The molecule has 38 heavy (non-hydrogen) atoms. The van der Waals surface area contributed by atoms with E-state index in [0.717, 1.165) is 38.5 Å². The van der Waals surface area contributed by atoms with Crippen LogP contribution in [0.4, 0.5) is 0 Å². The third-order valence-electron chi connectivity index (χ3n) is 6.48. The van der Waals surface area contributed by atoms with Crippen molar-refractivity contribution in [1.29, 1.82) is 0 Å². The number of aliphatic carboxylic acids is 3. The molecule has 0 amide bonds. The van der Waals surface area contributed by atoms with Gasteiger partial charge in [-0.05, 0) is 19.3 Å². The van der Waals surface area contributed by atoms with Crippen LogP contribution < -0.4 is 0 Å². The Bertz CT molecular complexity index is 464. The van der Waals surface area contributed by atoms with E-state index in [1.807, 2.05) is 0 Å². The third kappa shape index (κ3) is 51.1. The zero-order chi connectivity index (χ0) is 29.1. The lowest BCUT2D eigenvalue weighted by molar-refractivity contribution is -0.138. The fourth-order valence-corrected chi connectivity index (χ4v) is 4.05. The number of hydrogen-bond acceptors (Lipinski definition) is 3. The second-order valence-electron chi connectivity index (χ2n) is 10.5. The van der Waals surface area contributed by atoms with E-state index in [2.05, 4.69) is 20.8 Å². The van der Waals surface area contributed by atoms with Crippen LogP contribution in [-0.2, 0) is 14.4 Å². The Labute approximate surface area is 235 Å². The summed E-state index contributed by atoms with van der Waals surface area (Å²) in [6.07, 6.45) is 28.8. The molecule has 0 aromatic rings. The van der Waals surface area contributed by atoms with E-state index in [9.17, 15) is 14.4 Å². The van der Waals surface area contributed by atoms with Crippen molar-refractivity contribution in [2.75, 3.05) is 0 Å². The second-order valence-corrected chi connectivity index (χ2v) is 10.5. The first-order valence-electron chi connectivity index (χ1n) is 16.0. The van der Waals surface area contributed by atoms with Gasteiger partial charge in [0.15, 0.2) is 0 Å². The molecule has 0 aliphatic rings. The van der Waals surface area contributed by atoms with Crippen molar-refractivity contribution in [2.45, 2.75) is 188 Å². The summed E-state index contributed by atoms with van der Waals surface area (Å²) >= 11 is 0. The van der Waals surface area contributed by atoms with E-state index in [-0.39, 0.29) is 0 Å². The fourth-order valence-electron chi connectivity index (χ4n) is 4.05. The lowest BCUT2D eigenvalue weighted by atomic mass is 10.1. The molecule has 0 rings (SSSR count). The molecule has 0 aliphatic heterocycles. The molecule has 0 saturated carbocycles. The molecule has 0 fully saturated rings.